The van der Waals surface area contributed by atoms with Gasteiger partial charge in [0.1, 0.15) is 0 Å². The summed E-state index contributed by atoms with van der Waals surface area (Å²) in [6, 6.07) is 29.9. The van der Waals surface area contributed by atoms with E-state index in [0.29, 0.717) is 0 Å². The van der Waals surface area contributed by atoms with E-state index in [1.54, 1.807) is 0 Å². The number of rotatable bonds is 5. The van der Waals surface area contributed by atoms with Crippen LogP contribution >= 0.6 is 12.4 Å². The van der Waals surface area contributed by atoms with E-state index in [1.165, 1.54) is 21.9 Å². The van der Waals surface area contributed by atoms with E-state index in [0.717, 1.165) is 18.8 Å². The third-order valence-electron chi connectivity index (χ3n) is 4.41. The van der Waals surface area contributed by atoms with E-state index >= 15 is 0 Å². The van der Waals surface area contributed by atoms with Crippen molar-refractivity contribution in [2.75, 3.05) is 4.90 Å². The first-order valence-corrected chi connectivity index (χ1v) is 8.55. The number of anilines is 1. The quantitative estimate of drug-likeness (QED) is 0.443. The van der Waals surface area contributed by atoms with Crippen LogP contribution in [0.15, 0.2) is 97.3 Å². The second-order valence-electron chi connectivity index (χ2n) is 6.23. The Morgan fingerprint density at radius 2 is 1.38 bits per heavy atom. The van der Waals surface area contributed by atoms with E-state index in [9.17, 15) is 0 Å². The van der Waals surface area contributed by atoms with E-state index in [2.05, 4.69) is 88.7 Å². The Morgan fingerprint density at radius 3 is 2.15 bits per heavy atom. The van der Waals surface area contributed by atoms with Crippen molar-refractivity contribution in [3.8, 4) is 0 Å². The van der Waals surface area contributed by atoms with Crippen molar-refractivity contribution >= 4 is 28.9 Å². The topological polar surface area (TPSA) is 16.1 Å². The van der Waals surface area contributed by atoms with Gasteiger partial charge in [-0.05, 0) is 40.1 Å². The Morgan fingerprint density at radius 1 is 0.654 bits per heavy atom. The van der Waals surface area contributed by atoms with Crippen molar-refractivity contribution in [1.29, 1.82) is 0 Å². The molecule has 0 atom stereocenters. The molecule has 1 heterocycles. The van der Waals surface area contributed by atoms with Crippen molar-refractivity contribution in [2.45, 2.75) is 13.1 Å². The molecule has 130 valence electrons. The summed E-state index contributed by atoms with van der Waals surface area (Å²) in [5, 5.41) is 2.56. The molecule has 0 amide bonds. The van der Waals surface area contributed by atoms with Crippen LogP contribution in [0.1, 0.15) is 11.1 Å². The maximum Gasteiger partial charge on any atom is 0.0558 e. The lowest BCUT2D eigenvalue weighted by molar-refractivity contribution is 0.798. The summed E-state index contributed by atoms with van der Waals surface area (Å²) in [4.78, 5) is 6.66. The minimum atomic E-state index is 0. The molecule has 0 radical (unpaired) electrons. The van der Waals surface area contributed by atoms with Crippen molar-refractivity contribution in [1.82, 2.24) is 4.98 Å². The van der Waals surface area contributed by atoms with Crippen LogP contribution in [0.4, 0.5) is 5.69 Å². The number of halogens is 1. The number of benzene rings is 3. The Balaban J connectivity index is 0.00000196. The van der Waals surface area contributed by atoms with E-state index in [4.69, 9.17) is 0 Å². The average Bonchev–Trinajstić information content (AvgIpc) is 2.69. The molecular weight excluding hydrogens is 340 g/mol. The molecule has 3 heteroatoms. The molecule has 0 aliphatic heterocycles. The van der Waals surface area contributed by atoms with Gasteiger partial charge in [-0.3, -0.25) is 4.98 Å². The highest BCUT2D eigenvalue weighted by Crippen LogP contribution is 2.22. The van der Waals surface area contributed by atoms with Gasteiger partial charge >= 0.3 is 0 Å². The van der Waals surface area contributed by atoms with E-state index < -0.39 is 0 Å². The van der Waals surface area contributed by atoms with Crippen LogP contribution in [-0.4, -0.2) is 4.98 Å². The summed E-state index contributed by atoms with van der Waals surface area (Å²) in [6.45, 7) is 1.71. The maximum absolute atomic E-state index is 4.30. The second-order valence-corrected chi connectivity index (χ2v) is 6.23. The Kier molecular flexibility index (Phi) is 5.88. The van der Waals surface area contributed by atoms with Crippen molar-refractivity contribution < 1.29 is 0 Å². The lowest BCUT2D eigenvalue weighted by atomic mass is 10.1. The molecule has 0 N–H and O–H groups in total. The van der Waals surface area contributed by atoms with E-state index in [1.807, 2.05) is 18.5 Å². The first-order valence-electron chi connectivity index (χ1n) is 8.55. The first-order chi connectivity index (χ1) is 12.4. The van der Waals surface area contributed by atoms with Gasteiger partial charge in [0.15, 0.2) is 0 Å². The summed E-state index contributed by atoms with van der Waals surface area (Å²) in [5.41, 5.74) is 3.74. The Labute approximate surface area is 160 Å². The minimum absolute atomic E-state index is 0. The van der Waals surface area contributed by atoms with Gasteiger partial charge < -0.3 is 4.90 Å². The molecule has 0 bridgehead atoms. The molecule has 0 spiro atoms. The molecule has 0 fully saturated rings. The highest BCUT2D eigenvalue weighted by Gasteiger charge is 2.09. The summed E-state index contributed by atoms with van der Waals surface area (Å²) in [7, 11) is 0. The molecule has 1 aromatic heterocycles. The molecule has 0 unspecified atom stereocenters. The SMILES string of the molecule is Cl.c1ccc(CN(Cc2ccc3ccccc3c2)c2cccnc2)cc1. The summed E-state index contributed by atoms with van der Waals surface area (Å²) >= 11 is 0. The largest absolute Gasteiger partial charge is 0.362 e. The van der Waals surface area contributed by atoms with Gasteiger partial charge in [-0.25, -0.2) is 0 Å². The van der Waals surface area contributed by atoms with Crippen LogP contribution in [-0.2, 0) is 13.1 Å². The number of hydrogen-bond donors (Lipinski definition) is 0. The molecule has 26 heavy (non-hydrogen) atoms. The third kappa shape index (κ3) is 4.22. The zero-order valence-electron chi connectivity index (χ0n) is 14.5. The van der Waals surface area contributed by atoms with Gasteiger partial charge in [0.05, 0.1) is 11.9 Å². The monoisotopic (exact) mass is 360 g/mol. The Hall–Kier alpha value is -2.84. The highest BCUT2D eigenvalue weighted by atomic mass is 35.5. The van der Waals surface area contributed by atoms with Crippen molar-refractivity contribution in [2.24, 2.45) is 0 Å². The van der Waals surface area contributed by atoms with Gasteiger partial charge in [-0.1, -0.05) is 66.7 Å². The number of aromatic nitrogens is 1. The predicted octanol–water partition coefficient (Wildman–Crippen LogP) is 5.86. The van der Waals surface area contributed by atoms with Gasteiger partial charge in [-0.2, -0.15) is 0 Å². The molecule has 0 aliphatic carbocycles. The number of nitrogens with zero attached hydrogens (tertiary/aromatic N) is 2. The fourth-order valence-electron chi connectivity index (χ4n) is 3.14. The van der Waals surface area contributed by atoms with E-state index in [-0.39, 0.29) is 12.4 Å². The molecular formula is C23H21ClN2. The molecule has 2 nitrogen and oxygen atoms in total. The highest BCUT2D eigenvalue weighted by molar-refractivity contribution is 5.85. The second kappa shape index (κ2) is 8.50. The lowest BCUT2D eigenvalue weighted by Gasteiger charge is -2.25. The lowest BCUT2D eigenvalue weighted by Crippen LogP contribution is -2.22. The summed E-state index contributed by atoms with van der Waals surface area (Å²) in [5.74, 6) is 0. The molecule has 4 aromatic rings. The fourth-order valence-corrected chi connectivity index (χ4v) is 3.14. The number of fused-ring (bicyclic) bond motifs is 1. The predicted molar refractivity (Wildman–Crippen MR) is 112 cm³/mol. The van der Waals surface area contributed by atoms with Crippen LogP contribution in [0.2, 0.25) is 0 Å². The van der Waals surface area contributed by atoms with Crippen LogP contribution in [0, 0.1) is 0 Å². The summed E-state index contributed by atoms with van der Waals surface area (Å²) < 4.78 is 0. The van der Waals surface area contributed by atoms with Crippen molar-refractivity contribution in [3.05, 3.63) is 108 Å². The zero-order chi connectivity index (χ0) is 16.9. The van der Waals surface area contributed by atoms with Crippen LogP contribution in [0.3, 0.4) is 0 Å². The van der Waals surface area contributed by atoms with Crippen LogP contribution in [0.25, 0.3) is 10.8 Å². The number of pyridine rings is 1. The third-order valence-corrected chi connectivity index (χ3v) is 4.41. The molecule has 4 rings (SSSR count). The molecule has 3 aromatic carbocycles. The smallest absolute Gasteiger partial charge is 0.0558 e. The van der Waals surface area contributed by atoms with Crippen LogP contribution in [0.5, 0.6) is 0 Å². The number of hydrogen-bond acceptors (Lipinski definition) is 2. The zero-order valence-corrected chi connectivity index (χ0v) is 15.3. The van der Waals surface area contributed by atoms with Crippen molar-refractivity contribution in [3.63, 3.8) is 0 Å². The molecule has 0 saturated carbocycles. The van der Waals surface area contributed by atoms with Crippen LogP contribution < -0.4 is 4.90 Å². The fraction of sp³-hybridized carbons (Fsp3) is 0.0870. The Bertz CT molecular complexity index is 955. The average molecular weight is 361 g/mol. The summed E-state index contributed by atoms with van der Waals surface area (Å²) in [6.07, 6.45) is 3.75. The first kappa shape index (κ1) is 18.0. The van der Waals surface area contributed by atoms with Gasteiger partial charge in [-0.15, -0.1) is 12.4 Å². The maximum atomic E-state index is 4.30. The van der Waals surface area contributed by atoms with Gasteiger partial charge in [0.25, 0.3) is 0 Å². The minimum Gasteiger partial charge on any atom is -0.362 e. The normalized spacial score (nSPS) is 10.3. The van der Waals surface area contributed by atoms with Gasteiger partial charge in [0.2, 0.25) is 0 Å². The molecule has 0 saturated heterocycles. The van der Waals surface area contributed by atoms with Gasteiger partial charge in [0, 0.05) is 19.3 Å². The molecule has 0 aliphatic rings. The standard InChI is InChI=1S/C23H20N2.ClH/c1-2-7-19(8-3-1)17-25(23-11-6-14-24-16-23)18-20-12-13-21-9-4-5-10-22(21)15-20;/h1-16H,17-18H2;1H.